The van der Waals surface area contributed by atoms with Crippen LogP contribution in [0.25, 0.3) is 0 Å². The Morgan fingerprint density at radius 2 is 2.04 bits per heavy atom. The molecule has 0 bridgehead atoms. The summed E-state index contributed by atoms with van der Waals surface area (Å²) in [5, 5.41) is 17.5. The second-order valence-electron chi connectivity index (χ2n) is 6.59. The molecule has 1 aromatic heterocycles. The SMILES string of the molecule is CCOc1cccc(OCCN2C[C@@H](Cc3cc(C)[nH]n3)[C@@H](O)C2)c1. The molecule has 1 aliphatic heterocycles. The molecule has 0 radical (unpaired) electrons. The maximum atomic E-state index is 10.3. The average molecular weight is 345 g/mol. The van der Waals surface area contributed by atoms with Crippen LogP contribution < -0.4 is 9.47 Å². The van der Waals surface area contributed by atoms with Gasteiger partial charge in [0, 0.05) is 37.3 Å². The van der Waals surface area contributed by atoms with Gasteiger partial charge in [0.05, 0.1) is 18.4 Å². The van der Waals surface area contributed by atoms with E-state index in [4.69, 9.17) is 9.47 Å². The van der Waals surface area contributed by atoms with Gasteiger partial charge in [-0.15, -0.1) is 0 Å². The fraction of sp³-hybridized carbons (Fsp3) is 0.526. The van der Waals surface area contributed by atoms with Gasteiger partial charge in [0.1, 0.15) is 18.1 Å². The van der Waals surface area contributed by atoms with Gasteiger partial charge >= 0.3 is 0 Å². The number of ether oxygens (including phenoxy) is 2. The lowest BCUT2D eigenvalue weighted by molar-refractivity contribution is 0.139. The van der Waals surface area contributed by atoms with Crippen LogP contribution in [0.1, 0.15) is 18.3 Å². The highest BCUT2D eigenvalue weighted by Crippen LogP contribution is 2.22. The van der Waals surface area contributed by atoms with Gasteiger partial charge in [0.15, 0.2) is 0 Å². The molecule has 3 rings (SSSR count). The molecule has 6 heteroatoms. The van der Waals surface area contributed by atoms with E-state index >= 15 is 0 Å². The van der Waals surface area contributed by atoms with Gasteiger partial charge in [-0.1, -0.05) is 6.07 Å². The molecular formula is C19H27N3O3. The van der Waals surface area contributed by atoms with E-state index in [2.05, 4.69) is 15.1 Å². The van der Waals surface area contributed by atoms with Gasteiger partial charge in [0.2, 0.25) is 0 Å². The number of aliphatic hydroxyl groups is 1. The number of likely N-dealkylation sites (tertiary alicyclic amines) is 1. The van der Waals surface area contributed by atoms with Crippen LogP contribution in [0.4, 0.5) is 0 Å². The fourth-order valence-electron chi connectivity index (χ4n) is 3.29. The lowest BCUT2D eigenvalue weighted by Gasteiger charge is -2.16. The zero-order valence-corrected chi connectivity index (χ0v) is 14.9. The zero-order valence-electron chi connectivity index (χ0n) is 14.9. The number of hydrogen-bond donors (Lipinski definition) is 2. The molecule has 0 saturated carbocycles. The highest BCUT2D eigenvalue weighted by molar-refractivity contribution is 5.32. The monoisotopic (exact) mass is 345 g/mol. The number of benzene rings is 1. The van der Waals surface area contributed by atoms with Gasteiger partial charge in [-0.2, -0.15) is 5.10 Å². The number of hydrogen-bond acceptors (Lipinski definition) is 5. The summed E-state index contributed by atoms with van der Waals surface area (Å²) in [6.07, 6.45) is 0.498. The highest BCUT2D eigenvalue weighted by Gasteiger charge is 2.31. The second kappa shape index (κ2) is 8.36. The van der Waals surface area contributed by atoms with Crippen molar-refractivity contribution in [1.82, 2.24) is 15.1 Å². The number of aryl methyl sites for hydroxylation is 1. The van der Waals surface area contributed by atoms with E-state index in [-0.39, 0.29) is 12.0 Å². The van der Waals surface area contributed by atoms with Crippen LogP contribution in [0.2, 0.25) is 0 Å². The van der Waals surface area contributed by atoms with Crippen molar-refractivity contribution >= 4 is 0 Å². The van der Waals surface area contributed by atoms with Gasteiger partial charge in [0.25, 0.3) is 0 Å². The van der Waals surface area contributed by atoms with Gasteiger partial charge < -0.3 is 14.6 Å². The summed E-state index contributed by atoms with van der Waals surface area (Å²) in [4.78, 5) is 2.25. The molecule has 1 fully saturated rings. The van der Waals surface area contributed by atoms with Crippen LogP contribution in [-0.4, -0.2) is 59.2 Å². The van der Waals surface area contributed by atoms with Crippen LogP contribution in [0.3, 0.4) is 0 Å². The molecule has 6 nitrogen and oxygen atoms in total. The average Bonchev–Trinajstić information content (AvgIpc) is 3.14. The summed E-state index contributed by atoms with van der Waals surface area (Å²) in [6, 6.07) is 9.75. The molecule has 25 heavy (non-hydrogen) atoms. The molecule has 1 aromatic carbocycles. The van der Waals surface area contributed by atoms with Gasteiger partial charge in [-0.25, -0.2) is 0 Å². The molecular weight excluding hydrogens is 318 g/mol. The number of aromatic nitrogens is 2. The minimum Gasteiger partial charge on any atom is -0.494 e. The van der Waals surface area contributed by atoms with Crippen molar-refractivity contribution in [2.75, 3.05) is 32.8 Å². The molecule has 1 aliphatic rings. The molecule has 2 heterocycles. The van der Waals surface area contributed by atoms with E-state index < -0.39 is 0 Å². The van der Waals surface area contributed by atoms with Crippen molar-refractivity contribution in [2.45, 2.75) is 26.4 Å². The molecule has 0 unspecified atom stereocenters. The van der Waals surface area contributed by atoms with Crippen molar-refractivity contribution in [1.29, 1.82) is 0 Å². The minimum atomic E-state index is -0.307. The first-order valence-electron chi connectivity index (χ1n) is 8.91. The molecule has 2 aromatic rings. The third kappa shape index (κ3) is 4.96. The Labute approximate surface area is 148 Å². The summed E-state index contributed by atoms with van der Waals surface area (Å²) >= 11 is 0. The Morgan fingerprint density at radius 1 is 1.24 bits per heavy atom. The summed E-state index contributed by atoms with van der Waals surface area (Å²) in [5.41, 5.74) is 2.08. The molecule has 0 aliphatic carbocycles. The number of rotatable bonds is 8. The van der Waals surface area contributed by atoms with Gasteiger partial charge in [-0.05, 0) is 38.5 Å². The number of H-pyrrole nitrogens is 1. The third-order valence-corrected chi connectivity index (χ3v) is 4.51. The predicted octanol–water partition coefficient (Wildman–Crippen LogP) is 2.03. The normalized spacial score (nSPS) is 20.8. The standard InChI is InChI=1S/C19H27N3O3/c1-3-24-17-5-4-6-18(11-17)25-8-7-22-12-15(19(23)13-22)10-16-9-14(2)20-21-16/h4-6,9,11,15,19,23H,3,7-8,10,12-13H2,1-2H3,(H,20,21)/t15-,19+/m1/s1. The first kappa shape index (κ1) is 17.8. The van der Waals surface area contributed by atoms with Crippen LogP contribution in [-0.2, 0) is 6.42 Å². The van der Waals surface area contributed by atoms with Crippen LogP contribution in [0, 0.1) is 12.8 Å². The fourth-order valence-corrected chi connectivity index (χ4v) is 3.29. The highest BCUT2D eigenvalue weighted by atomic mass is 16.5. The van der Waals surface area contributed by atoms with E-state index in [1.54, 1.807) is 0 Å². The maximum Gasteiger partial charge on any atom is 0.123 e. The Kier molecular flexibility index (Phi) is 5.94. The van der Waals surface area contributed by atoms with Crippen LogP contribution in [0.5, 0.6) is 11.5 Å². The minimum absolute atomic E-state index is 0.226. The number of nitrogens with one attached hydrogen (secondary N) is 1. The Bertz CT molecular complexity index is 673. The third-order valence-electron chi connectivity index (χ3n) is 4.51. The largest absolute Gasteiger partial charge is 0.494 e. The van der Waals surface area contributed by atoms with Crippen molar-refractivity contribution in [3.05, 3.63) is 41.7 Å². The summed E-state index contributed by atoms with van der Waals surface area (Å²) < 4.78 is 11.3. The number of aromatic amines is 1. The Morgan fingerprint density at radius 3 is 2.76 bits per heavy atom. The Hall–Kier alpha value is -2.05. The quantitative estimate of drug-likeness (QED) is 0.766. The maximum absolute atomic E-state index is 10.3. The Balaban J connectivity index is 1.44. The lowest BCUT2D eigenvalue weighted by atomic mass is 10.0. The molecule has 2 N–H and O–H groups in total. The van der Waals surface area contributed by atoms with E-state index in [0.717, 1.165) is 42.4 Å². The van der Waals surface area contributed by atoms with Gasteiger partial charge in [-0.3, -0.25) is 10.00 Å². The van der Waals surface area contributed by atoms with E-state index in [1.807, 2.05) is 44.2 Å². The lowest BCUT2D eigenvalue weighted by Crippen LogP contribution is -2.27. The molecule has 1 saturated heterocycles. The second-order valence-corrected chi connectivity index (χ2v) is 6.59. The smallest absolute Gasteiger partial charge is 0.123 e. The number of β-amino-alcohol motifs (C(OH)–C–C–N with tert-alkyl or cyclic N) is 1. The van der Waals surface area contributed by atoms with E-state index in [9.17, 15) is 5.11 Å². The number of nitrogens with zero attached hydrogens (tertiary/aromatic N) is 2. The summed E-state index contributed by atoms with van der Waals surface area (Å²) in [6.45, 7) is 7.55. The molecule has 2 atom stereocenters. The summed E-state index contributed by atoms with van der Waals surface area (Å²) in [7, 11) is 0. The summed E-state index contributed by atoms with van der Waals surface area (Å²) in [5.74, 6) is 1.86. The van der Waals surface area contributed by atoms with E-state index in [0.29, 0.717) is 19.8 Å². The van der Waals surface area contributed by atoms with E-state index in [1.165, 1.54) is 0 Å². The molecule has 0 amide bonds. The predicted molar refractivity (Wildman–Crippen MR) is 96.1 cm³/mol. The van der Waals surface area contributed by atoms with Crippen molar-refractivity contribution in [2.24, 2.45) is 5.92 Å². The zero-order chi connectivity index (χ0) is 17.6. The molecule has 0 spiro atoms. The van der Waals surface area contributed by atoms with Crippen molar-refractivity contribution < 1.29 is 14.6 Å². The first-order chi connectivity index (χ1) is 12.1. The first-order valence-corrected chi connectivity index (χ1v) is 8.91. The number of aliphatic hydroxyl groups excluding tert-OH is 1. The van der Waals surface area contributed by atoms with Crippen molar-refractivity contribution in [3.63, 3.8) is 0 Å². The van der Waals surface area contributed by atoms with Crippen LogP contribution in [0.15, 0.2) is 30.3 Å². The molecule has 136 valence electrons. The topological polar surface area (TPSA) is 70.6 Å². The van der Waals surface area contributed by atoms with Crippen LogP contribution >= 0.6 is 0 Å². The van der Waals surface area contributed by atoms with Crippen molar-refractivity contribution in [3.8, 4) is 11.5 Å².